The van der Waals surface area contributed by atoms with Crippen LogP contribution in [-0.4, -0.2) is 35.6 Å². The lowest BCUT2D eigenvalue weighted by Gasteiger charge is -2.30. The second-order valence-corrected chi connectivity index (χ2v) is 5.60. The second kappa shape index (κ2) is 6.39. The lowest BCUT2D eigenvalue weighted by atomic mass is 9.99. The molecule has 0 aromatic heterocycles. The van der Waals surface area contributed by atoms with Gasteiger partial charge in [0.15, 0.2) is 0 Å². The van der Waals surface area contributed by atoms with Gasteiger partial charge in [0, 0.05) is 25.4 Å². The first kappa shape index (κ1) is 15.7. The Balaban J connectivity index is 1.85. The van der Waals surface area contributed by atoms with Crippen molar-refractivity contribution in [1.82, 2.24) is 10.6 Å². The maximum Gasteiger partial charge on any atom is 0.251 e. The molecular weight excluding hydrogens is 278 g/mol. The molecule has 0 saturated carbocycles. The molecular formula is C15H20F2N2O2. The predicted molar refractivity (Wildman–Crippen MR) is 75.4 cm³/mol. The number of rotatable bonds is 4. The molecule has 4 nitrogen and oxygen atoms in total. The zero-order valence-corrected chi connectivity index (χ0v) is 11.9. The van der Waals surface area contributed by atoms with Gasteiger partial charge in [-0.2, -0.15) is 0 Å². The molecule has 1 amide bonds. The fourth-order valence-corrected chi connectivity index (χ4v) is 2.47. The van der Waals surface area contributed by atoms with Crippen LogP contribution in [0.25, 0.3) is 0 Å². The Morgan fingerprint density at radius 1 is 1.48 bits per heavy atom. The third kappa shape index (κ3) is 4.67. The molecule has 3 N–H and O–H groups in total. The maximum atomic E-state index is 13.3. The molecule has 116 valence electrons. The van der Waals surface area contributed by atoms with Crippen LogP contribution in [0.1, 0.15) is 25.3 Å². The number of carbonyl (C=O) groups is 1. The van der Waals surface area contributed by atoms with Gasteiger partial charge in [0.25, 0.3) is 5.92 Å². The summed E-state index contributed by atoms with van der Waals surface area (Å²) in [5.41, 5.74) is 0.961. The molecule has 2 unspecified atom stereocenters. The fraction of sp³-hybridized carbons (Fsp3) is 0.533. The molecule has 1 aliphatic rings. The summed E-state index contributed by atoms with van der Waals surface area (Å²) in [5, 5.41) is 14.8. The van der Waals surface area contributed by atoms with Gasteiger partial charge in [-0.05, 0) is 31.0 Å². The van der Waals surface area contributed by atoms with Crippen LogP contribution in [0.2, 0.25) is 0 Å². The lowest BCUT2D eigenvalue weighted by Crippen LogP contribution is -2.53. The van der Waals surface area contributed by atoms with Crippen LogP contribution in [0.4, 0.5) is 8.78 Å². The molecule has 1 aromatic rings. The van der Waals surface area contributed by atoms with E-state index in [2.05, 4.69) is 10.6 Å². The highest BCUT2D eigenvalue weighted by Gasteiger charge is 2.39. The number of piperidine rings is 1. The van der Waals surface area contributed by atoms with Crippen molar-refractivity contribution in [3.05, 3.63) is 29.8 Å². The first-order chi connectivity index (χ1) is 9.85. The Labute approximate surface area is 122 Å². The molecule has 1 fully saturated rings. The Kier molecular flexibility index (Phi) is 4.77. The first-order valence-corrected chi connectivity index (χ1v) is 7.05. The Morgan fingerprint density at radius 2 is 2.14 bits per heavy atom. The standard InChI is InChI=1S/C15H20F2N2O2/c1-10(8-11-2-4-12(20)5-3-11)19-14(21)13-9-15(16,17)6-7-18-13/h2-5,10,13,18,20H,6-9H2,1H3,(H,19,21). The zero-order chi connectivity index (χ0) is 15.5. The molecule has 0 radical (unpaired) electrons. The average Bonchev–Trinajstić information content (AvgIpc) is 2.40. The van der Waals surface area contributed by atoms with E-state index < -0.39 is 18.4 Å². The van der Waals surface area contributed by atoms with Gasteiger partial charge in [-0.1, -0.05) is 12.1 Å². The molecule has 1 heterocycles. The van der Waals surface area contributed by atoms with Crippen molar-refractivity contribution in [1.29, 1.82) is 0 Å². The Morgan fingerprint density at radius 3 is 2.76 bits per heavy atom. The summed E-state index contributed by atoms with van der Waals surface area (Å²) in [4.78, 5) is 12.0. The molecule has 6 heteroatoms. The van der Waals surface area contributed by atoms with Gasteiger partial charge >= 0.3 is 0 Å². The van der Waals surface area contributed by atoms with E-state index in [1.165, 1.54) is 0 Å². The van der Waals surface area contributed by atoms with Gasteiger partial charge < -0.3 is 15.7 Å². The third-order valence-electron chi connectivity index (χ3n) is 3.57. The molecule has 1 aliphatic heterocycles. The van der Waals surface area contributed by atoms with Gasteiger partial charge in [0.05, 0.1) is 6.04 Å². The molecule has 21 heavy (non-hydrogen) atoms. The summed E-state index contributed by atoms with van der Waals surface area (Å²) >= 11 is 0. The van der Waals surface area contributed by atoms with E-state index in [0.29, 0.717) is 6.42 Å². The van der Waals surface area contributed by atoms with Crippen molar-refractivity contribution in [2.45, 2.75) is 44.2 Å². The number of nitrogens with one attached hydrogen (secondary N) is 2. The Hall–Kier alpha value is -1.69. The van der Waals surface area contributed by atoms with Gasteiger partial charge in [0.1, 0.15) is 5.75 Å². The monoisotopic (exact) mass is 298 g/mol. The highest BCUT2D eigenvalue weighted by atomic mass is 19.3. The molecule has 1 saturated heterocycles. The average molecular weight is 298 g/mol. The number of halogens is 2. The van der Waals surface area contributed by atoms with Crippen LogP contribution in [-0.2, 0) is 11.2 Å². The topological polar surface area (TPSA) is 61.4 Å². The normalized spacial score (nSPS) is 22.5. The maximum absolute atomic E-state index is 13.3. The summed E-state index contributed by atoms with van der Waals surface area (Å²) < 4.78 is 26.6. The van der Waals surface area contributed by atoms with E-state index in [0.717, 1.165) is 5.56 Å². The van der Waals surface area contributed by atoms with Crippen molar-refractivity contribution in [2.75, 3.05) is 6.54 Å². The smallest absolute Gasteiger partial charge is 0.251 e. The van der Waals surface area contributed by atoms with Crippen LogP contribution in [0.3, 0.4) is 0 Å². The number of phenols is 1. The summed E-state index contributed by atoms with van der Waals surface area (Å²) in [6.45, 7) is 1.98. The SMILES string of the molecule is CC(Cc1ccc(O)cc1)NC(=O)C1CC(F)(F)CCN1. The fourth-order valence-electron chi connectivity index (χ4n) is 2.47. The molecule has 0 aliphatic carbocycles. The minimum atomic E-state index is -2.77. The number of phenolic OH excluding ortho intramolecular Hbond substituents is 1. The van der Waals surface area contributed by atoms with Crippen molar-refractivity contribution in [3.63, 3.8) is 0 Å². The number of hydrogen-bond donors (Lipinski definition) is 3. The van der Waals surface area contributed by atoms with Crippen LogP contribution >= 0.6 is 0 Å². The van der Waals surface area contributed by atoms with Crippen molar-refractivity contribution < 1.29 is 18.7 Å². The second-order valence-electron chi connectivity index (χ2n) is 5.60. The summed E-state index contributed by atoms with van der Waals surface area (Å²) in [6.07, 6.45) is -0.0975. The lowest BCUT2D eigenvalue weighted by molar-refractivity contribution is -0.128. The van der Waals surface area contributed by atoms with E-state index in [4.69, 9.17) is 0 Å². The number of hydrogen-bond acceptors (Lipinski definition) is 3. The summed E-state index contributed by atoms with van der Waals surface area (Å²) in [7, 11) is 0. The van der Waals surface area contributed by atoms with Gasteiger partial charge in [-0.25, -0.2) is 8.78 Å². The molecule has 1 aromatic carbocycles. The number of carbonyl (C=O) groups excluding carboxylic acids is 1. The largest absolute Gasteiger partial charge is 0.508 e. The third-order valence-corrected chi connectivity index (χ3v) is 3.57. The number of alkyl halides is 2. The zero-order valence-electron chi connectivity index (χ0n) is 11.9. The molecule has 0 spiro atoms. The van der Waals surface area contributed by atoms with Crippen LogP contribution in [0.5, 0.6) is 5.75 Å². The highest BCUT2D eigenvalue weighted by Crippen LogP contribution is 2.27. The predicted octanol–water partition coefficient (Wildman–Crippen LogP) is 1.83. The minimum Gasteiger partial charge on any atom is -0.508 e. The van der Waals surface area contributed by atoms with Crippen LogP contribution in [0.15, 0.2) is 24.3 Å². The van der Waals surface area contributed by atoms with Crippen molar-refractivity contribution >= 4 is 5.91 Å². The molecule has 2 rings (SSSR count). The minimum absolute atomic E-state index is 0.150. The van der Waals surface area contributed by atoms with E-state index in [9.17, 15) is 18.7 Å². The van der Waals surface area contributed by atoms with Crippen LogP contribution < -0.4 is 10.6 Å². The molecule has 2 atom stereocenters. The number of aromatic hydroxyl groups is 1. The van der Waals surface area contributed by atoms with E-state index in [1.54, 1.807) is 24.3 Å². The van der Waals surface area contributed by atoms with Crippen molar-refractivity contribution in [2.24, 2.45) is 0 Å². The summed E-state index contributed by atoms with van der Waals surface area (Å²) in [6, 6.07) is 5.69. The van der Waals surface area contributed by atoms with Gasteiger partial charge in [-0.15, -0.1) is 0 Å². The van der Waals surface area contributed by atoms with E-state index >= 15 is 0 Å². The van der Waals surface area contributed by atoms with E-state index in [-0.39, 0.29) is 30.7 Å². The number of benzene rings is 1. The Bertz CT molecular complexity index is 491. The number of amides is 1. The highest BCUT2D eigenvalue weighted by molar-refractivity contribution is 5.82. The van der Waals surface area contributed by atoms with Crippen LogP contribution in [0, 0.1) is 0 Å². The van der Waals surface area contributed by atoms with E-state index in [1.807, 2.05) is 6.92 Å². The molecule has 0 bridgehead atoms. The summed E-state index contributed by atoms with van der Waals surface area (Å²) in [5.74, 6) is -2.97. The quantitative estimate of drug-likeness (QED) is 0.795. The van der Waals surface area contributed by atoms with Crippen molar-refractivity contribution in [3.8, 4) is 5.75 Å². The van der Waals surface area contributed by atoms with Gasteiger partial charge in [-0.3, -0.25) is 4.79 Å². The van der Waals surface area contributed by atoms with Gasteiger partial charge in [0.2, 0.25) is 5.91 Å². The first-order valence-electron chi connectivity index (χ1n) is 7.05.